The minimum Gasteiger partial charge on any atom is -0.508 e. The van der Waals surface area contributed by atoms with Gasteiger partial charge < -0.3 is 19.3 Å². The zero-order chi connectivity index (χ0) is 32.4. The van der Waals surface area contributed by atoms with Crippen molar-refractivity contribution in [3.8, 4) is 34.1 Å². The zero-order valence-electron chi connectivity index (χ0n) is 24.8. The fourth-order valence-electron chi connectivity index (χ4n) is 4.92. The maximum absolute atomic E-state index is 12.0. The van der Waals surface area contributed by atoms with Crippen molar-refractivity contribution in [1.82, 2.24) is 0 Å². The Hall–Kier alpha value is -4.42. The van der Waals surface area contributed by atoms with E-state index in [4.69, 9.17) is 14.2 Å². The molecule has 0 saturated carbocycles. The molecule has 9 nitrogen and oxygen atoms in total. The summed E-state index contributed by atoms with van der Waals surface area (Å²) in [7, 11) is -7.74. The van der Waals surface area contributed by atoms with Gasteiger partial charge in [0, 0.05) is 22.8 Å². The van der Waals surface area contributed by atoms with E-state index in [0.29, 0.717) is 22.8 Å². The Morgan fingerprint density at radius 1 is 0.778 bits per heavy atom. The molecule has 0 amide bonds. The first-order valence-electron chi connectivity index (χ1n) is 14.0. The standard InChI is InChI=1S/C34H32O9S2/c1-22-4-17-33(45(38,39)40)32(20-22)23(2)41-18-19-42-27-9-11-28(12-10-27)43-34-30(15-7-25-21-26(35)8-16-31(25)34)24-5-13-29(14-6-24)44(3,36)37/h4-17,20-21,23,35H,18-19H2,1-3H3,(H,38,39,40). The van der Waals surface area contributed by atoms with E-state index in [2.05, 4.69) is 0 Å². The van der Waals surface area contributed by atoms with Gasteiger partial charge >= 0.3 is 0 Å². The monoisotopic (exact) mass is 648 g/mol. The van der Waals surface area contributed by atoms with Gasteiger partial charge in [0.1, 0.15) is 29.6 Å². The van der Waals surface area contributed by atoms with Crippen LogP contribution in [0.4, 0.5) is 0 Å². The van der Waals surface area contributed by atoms with Crippen molar-refractivity contribution >= 4 is 30.7 Å². The van der Waals surface area contributed by atoms with Crippen molar-refractivity contribution in [2.24, 2.45) is 0 Å². The summed E-state index contributed by atoms with van der Waals surface area (Å²) in [6.07, 6.45) is 0.564. The smallest absolute Gasteiger partial charge is 0.294 e. The lowest BCUT2D eigenvalue weighted by Crippen LogP contribution is -2.12. The summed E-state index contributed by atoms with van der Waals surface area (Å²) in [6.45, 7) is 3.89. The van der Waals surface area contributed by atoms with E-state index in [1.54, 1.807) is 85.8 Å². The highest BCUT2D eigenvalue weighted by Crippen LogP contribution is 2.41. The number of phenolic OH excluding ortho intramolecular Hbond substituents is 1. The van der Waals surface area contributed by atoms with Crippen LogP contribution in [-0.2, 0) is 24.7 Å². The highest BCUT2D eigenvalue weighted by Gasteiger charge is 2.20. The fourth-order valence-corrected chi connectivity index (χ4v) is 6.32. The number of rotatable bonds is 11. The Morgan fingerprint density at radius 2 is 1.47 bits per heavy atom. The van der Waals surface area contributed by atoms with Crippen LogP contribution in [0.1, 0.15) is 24.2 Å². The van der Waals surface area contributed by atoms with Gasteiger partial charge in [-0.3, -0.25) is 4.55 Å². The number of hydrogen-bond acceptors (Lipinski definition) is 8. The third-order valence-corrected chi connectivity index (χ3v) is 9.25. The molecule has 2 N–H and O–H groups in total. The van der Waals surface area contributed by atoms with Crippen molar-refractivity contribution in [1.29, 1.82) is 0 Å². The van der Waals surface area contributed by atoms with Gasteiger partial charge in [0.25, 0.3) is 10.1 Å². The summed E-state index contributed by atoms with van der Waals surface area (Å²) >= 11 is 0. The van der Waals surface area contributed by atoms with Crippen molar-refractivity contribution in [3.05, 3.63) is 108 Å². The van der Waals surface area contributed by atoms with E-state index < -0.39 is 26.1 Å². The Labute approximate surface area is 262 Å². The number of aromatic hydroxyl groups is 1. The number of hydrogen-bond donors (Lipinski definition) is 2. The first-order valence-corrected chi connectivity index (χ1v) is 17.3. The molecule has 0 aromatic heterocycles. The third-order valence-electron chi connectivity index (χ3n) is 7.19. The zero-order valence-corrected chi connectivity index (χ0v) is 26.4. The van der Waals surface area contributed by atoms with Crippen LogP contribution in [0.15, 0.2) is 107 Å². The van der Waals surface area contributed by atoms with Crippen LogP contribution in [0, 0.1) is 6.92 Å². The van der Waals surface area contributed by atoms with Gasteiger partial charge in [-0.1, -0.05) is 35.9 Å². The van der Waals surface area contributed by atoms with Gasteiger partial charge in [-0.2, -0.15) is 8.42 Å². The second-order valence-electron chi connectivity index (χ2n) is 10.6. The van der Waals surface area contributed by atoms with Crippen LogP contribution in [0.25, 0.3) is 21.9 Å². The van der Waals surface area contributed by atoms with Crippen LogP contribution in [0.3, 0.4) is 0 Å². The summed E-state index contributed by atoms with van der Waals surface area (Å²) in [5.41, 5.74) is 2.71. The quantitative estimate of drug-likeness (QED) is 0.113. The van der Waals surface area contributed by atoms with Gasteiger partial charge in [0.15, 0.2) is 9.84 Å². The number of sulfone groups is 1. The number of benzene rings is 5. The molecule has 0 radical (unpaired) electrons. The number of phenols is 1. The maximum Gasteiger partial charge on any atom is 0.294 e. The summed E-state index contributed by atoms with van der Waals surface area (Å²) in [5.74, 6) is 1.75. The molecular weight excluding hydrogens is 616 g/mol. The van der Waals surface area contributed by atoms with Crippen LogP contribution < -0.4 is 9.47 Å². The van der Waals surface area contributed by atoms with Gasteiger partial charge in [-0.25, -0.2) is 8.42 Å². The fraction of sp³-hybridized carbons (Fsp3) is 0.176. The molecule has 5 rings (SSSR count). The summed E-state index contributed by atoms with van der Waals surface area (Å²) in [6, 6.07) is 26.9. The normalized spacial score (nSPS) is 12.6. The molecule has 0 aliphatic rings. The Kier molecular flexibility index (Phi) is 9.17. The lowest BCUT2D eigenvalue weighted by molar-refractivity contribution is 0.0423. The summed E-state index contributed by atoms with van der Waals surface area (Å²) in [4.78, 5) is 0.0297. The molecule has 1 atom stereocenters. The van der Waals surface area contributed by atoms with Crippen molar-refractivity contribution < 1.29 is 40.7 Å². The van der Waals surface area contributed by atoms with Crippen LogP contribution in [0.5, 0.6) is 23.0 Å². The first kappa shape index (κ1) is 32.0. The lowest BCUT2D eigenvalue weighted by Gasteiger charge is -2.17. The molecule has 45 heavy (non-hydrogen) atoms. The van der Waals surface area contributed by atoms with Gasteiger partial charge in [-0.15, -0.1) is 0 Å². The van der Waals surface area contributed by atoms with E-state index in [1.807, 2.05) is 19.1 Å². The number of ether oxygens (including phenoxy) is 3. The minimum atomic E-state index is -4.39. The van der Waals surface area contributed by atoms with E-state index in [-0.39, 0.29) is 28.8 Å². The molecule has 1 unspecified atom stereocenters. The summed E-state index contributed by atoms with van der Waals surface area (Å²) < 4.78 is 75.0. The van der Waals surface area contributed by atoms with Crippen LogP contribution >= 0.6 is 0 Å². The minimum absolute atomic E-state index is 0.122. The molecule has 5 aromatic carbocycles. The Balaban J connectivity index is 1.29. The second-order valence-corrected chi connectivity index (χ2v) is 14.0. The summed E-state index contributed by atoms with van der Waals surface area (Å²) in [5, 5.41) is 11.5. The molecule has 0 bridgehead atoms. The SMILES string of the molecule is Cc1ccc(S(=O)(=O)O)c(C(C)OCCOc2ccc(Oc3c(-c4ccc(S(C)(=O)=O)cc4)ccc4cc(O)ccc34)cc2)c1. The third kappa shape index (κ3) is 7.63. The first-order chi connectivity index (χ1) is 21.3. The average molecular weight is 649 g/mol. The Morgan fingerprint density at radius 3 is 2.13 bits per heavy atom. The molecule has 234 valence electrons. The highest BCUT2D eigenvalue weighted by molar-refractivity contribution is 7.90. The molecular formula is C34H32O9S2. The van der Waals surface area contributed by atoms with E-state index in [1.165, 1.54) is 6.07 Å². The molecule has 11 heteroatoms. The molecule has 0 fully saturated rings. The number of fused-ring (bicyclic) bond motifs is 1. The highest BCUT2D eigenvalue weighted by atomic mass is 32.2. The van der Waals surface area contributed by atoms with Gasteiger partial charge in [0.05, 0.1) is 22.5 Å². The van der Waals surface area contributed by atoms with Crippen molar-refractivity contribution in [2.45, 2.75) is 29.7 Å². The van der Waals surface area contributed by atoms with Crippen molar-refractivity contribution in [2.75, 3.05) is 19.5 Å². The van der Waals surface area contributed by atoms with Crippen LogP contribution in [-0.4, -0.2) is 46.0 Å². The van der Waals surface area contributed by atoms with Crippen molar-refractivity contribution in [3.63, 3.8) is 0 Å². The van der Waals surface area contributed by atoms with Gasteiger partial charge in [-0.05, 0) is 91.5 Å². The second kappa shape index (κ2) is 12.9. The molecule has 0 heterocycles. The van der Waals surface area contributed by atoms with E-state index in [0.717, 1.165) is 33.7 Å². The molecule has 0 saturated heterocycles. The maximum atomic E-state index is 12.0. The average Bonchev–Trinajstić information content (AvgIpc) is 2.99. The topological polar surface area (TPSA) is 136 Å². The van der Waals surface area contributed by atoms with Gasteiger partial charge in [0.2, 0.25) is 0 Å². The van der Waals surface area contributed by atoms with E-state index in [9.17, 15) is 26.5 Å². The predicted octanol–water partition coefficient (Wildman–Crippen LogP) is 7.12. The molecule has 0 aliphatic carbocycles. The Bertz CT molecular complexity index is 2050. The predicted molar refractivity (Wildman–Crippen MR) is 172 cm³/mol. The molecule has 0 aliphatic heterocycles. The largest absolute Gasteiger partial charge is 0.508 e. The number of aryl methyl sites for hydroxylation is 1. The molecule has 0 spiro atoms. The van der Waals surface area contributed by atoms with E-state index >= 15 is 0 Å². The molecule has 5 aromatic rings. The van der Waals surface area contributed by atoms with Crippen LogP contribution in [0.2, 0.25) is 0 Å². The lowest BCUT2D eigenvalue weighted by atomic mass is 9.99.